The van der Waals surface area contributed by atoms with Gasteiger partial charge in [-0.05, 0) is 36.1 Å². The second-order valence-electron chi connectivity index (χ2n) is 10.1. The quantitative estimate of drug-likeness (QED) is 0.409. The van der Waals surface area contributed by atoms with E-state index in [4.69, 9.17) is 19.6 Å². The van der Waals surface area contributed by atoms with Gasteiger partial charge >= 0.3 is 0 Å². The predicted octanol–water partition coefficient (Wildman–Crippen LogP) is 5.28. The van der Waals surface area contributed by atoms with Crippen LogP contribution in [-0.2, 0) is 4.79 Å². The van der Waals surface area contributed by atoms with E-state index >= 15 is 0 Å². The van der Waals surface area contributed by atoms with Crippen LogP contribution in [0.2, 0.25) is 0 Å². The molecule has 1 atom stereocenters. The maximum Gasteiger partial charge on any atom is 0.228 e. The number of fused-ring (bicyclic) bond motifs is 3. The van der Waals surface area contributed by atoms with Gasteiger partial charge in [0.1, 0.15) is 17.8 Å². The molecule has 176 valence electrons. The first-order valence-electron chi connectivity index (χ1n) is 11.7. The van der Waals surface area contributed by atoms with Crippen LogP contribution in [0.5, 0.6) is 11.6 Å². The number of methoxy groups -OCH3 is 1. The molecular weight excluding hydrogens is 440 g/mol. The second-order valence-corrected chi connectivity index (χ2v) is 10.1. The zero-order valence-corrected chi connectivity index (χ0v) is 20.2. The highest BCUT2D eigenvalue weighted by Gasteiger charge is 2.44. The van der Waals surface area contributed by atoms with Crippen molar-refractivity contribution >= 4 is 11.4 Å². The van der Waals surface area contributed by atoms with Crippen molar-refractivity contribution in [2.75, 3.05) is 7.11 Å². The van der Waals surface area contributed by atoms with Gasteiger partial charge in [0.2, 0.25) is 5.88 Å². The zero-order valence-electron chi connectivity index (χ0n) is 20.2. The van der Waals surface area contributed by atoms with Crippen LogP contribution < -0.4 is 9.47 Å². The highest BCUT2D eigenvalue weighted by Crippen LogP contribution is 2.50. The molecule has 0 bridgehead atoms. The summed E-state index contributed by atoms with van der Waals surface area (Å²) < 4.78 is 13.4. The first-order valence-corrected chi connectivity index (χ1v) is 11.7. The molecule has 35 heavy (non-hydrogen) atoms. The van der Waals surface area contributed by atoms with Crippen LogP contribution in [0.15, 0.2) is 66.2 Å². The van der Waals surface area contributed by atoms with E-state index in [-0.39, 0.29) is 17.1 Å². The molecule has 0 fully saturated rings. The minimum atomic E-state index is -0.353. The van der Waals surface area contributed by atoms with Crippen molar-refractivity contribution in [3.8, 4) is 23.0 Å². The highest BCUT2D eigenvalue weighted by molar-refractivity contribution is 6.00. The Balaban J connectivity index is 1.59. The van der Waals surface area contributed by atoms with Crippen molar-refractivity contribution in [1.82, 2.24) is 19.6 Å². The summed E-state index contributed by atoms with van der Waals surface area (Å²) >= 11 is 0. The molecule has 2 aliphatic rings. The Bertz CT molecular complexity index is 1520. The lowest BCUT2D eigenvalue weighted by Gasteiger charge is -2.37. The molecular formula is C28H26N4O3. The summed E-state index contributed by atoms with van der Waals surface area (Å²) in [5.41, 5.74) is 4.94. The van der Waals surface area contributed by atoms with Gasteiger partial charge in [-0.15, -0.1) is 5.10 Å². The Morgan fingerprint density at radius 3 is 2.66 bits per heavy atom. The van der Waals surface area contributed by atoms with Gasteiger partial charge in [0.05, 0.1) is 12.7 Å². The normalized spacial score (nSPS) is 18.7. The molecule has 3 heterocycles. The van der Waals surface area contributed by atoms with Gasteiger partial charge in [-0.2, -0.15) is 0 Å². The predicted molar refractivity (Wildman–Crippen MR) is 131 cm³/mol. The van der Waals surface area contributed by atoms with Gasteiger partial charge in [0.25, 0.3) is 0 Å². The summed E-state index contributed by atoms with van der Waals surface area (Å²) in [5, 5.41) is 4.70. The first kappa shape index (κ1) is 21.5. The van der Waals surface area contributed by atoms with Crippen LogP contribution in [-0.4, -0.2) is 32.5 Å². The summed E-state index contributed by atoms with van der Waals surface area (Å²) in [5.74, 6) is 2.29. The van der Waals surface area contributed by atoms with Gasteiger partial charge in [0, 0.05) is 29.9 Å². The Labute approximate surface area is 203 Å². The monoisotopic (exact) mass is 466 g/mol. The number of hydrogen-bond acceptors (Lipinski definition) is 6. The van der Waals surface area contributed by atoms with E-state index < -0.39 is 0 Å². The van der Waals surface area contributed by atoms with E-state index in [9.17, 15) is 4.79 Å². The molecule has 0 unspecified atom stereocenters. The molecule has 0 spiro atoms. The Morgan fingerprint density at radius 2 is 1.91 bits per heavy atom. The van der Waals surface area contributed by atoms with Crippen molar-refractivity contribution < 1.29 is 14.3 Å². The summed E-state index contributed by atoms with van der Waals surface area (Å²) in [6.45, 7) is 6.24. The molecule has 7 heteroatoms. The first-order chi connectivity index (χ1) is 16.8. The van der Waals surface area contributed by atoms with E-state index in [0.29, 0.717) is 41.5 Å². The van der Waals surface area contributed by atoms with Gasteiger partial charge in [0.15, 0.2) is 17.3 Å². The third-order valence-corrected chi connectivity index (χ3v) is 6.79. The van der Waals surface area contributed by atoms with Gasteiger partial charge in [-0.25, -0.2) is 14.5 Å². The molecule has 0 amide bonds. The van der Waals surface area contributed by atoms with E-state index in [0.717, 1.165) is 28.0 Å². The fraction of sp³-hybridized carbons (Fsp3) is 0.286. The zero-order chi connectivity index (χ0) is 24.3. The summed E-state index contributed by atoms with van der Waals surface area (Å²) in [4.78, 5) is 23.1. The minimum Gasteiger partial charge on any atom is -0.497 e. The molecule has 2 aromatic heterocycles. The van der Waals surface area contributed by atoms with Crippen LogP contribution in [0, 0.1) is 12.3 Å². The standard InChI is InChI=1S/C28H26N4O3/c1-16-6-5-7-18(12-16)25-30-26-24-22(17-8-10-19(34-4)11-9-17)23-20(33)13-28(2,3)14-21(23)35-27(24)29-15-32(26)31-25/h5-12,15,22H,13-14H2,1-4H3/t22-/m1/s1. The largest absolute Gasteiger partial charge is 0.497 e. The molecule has 1 aliphatic carbocycles. The topological polar surface area (TPSA) is 78.6 Å². The lowest BCUT2D eigenvalue weighted by Crippen LogP contribution is -2.33. The van der Waals surface area contributed by atoms with Crippen molar-refractivity contribution in [2.24, 2.45) is 5.41 Å². The Hall–Kier alpha value is -4.00. The van der Waals surface area contributed by atoms with Crippen LogP contribution in [0.4, 0.5) is 0 Å². The number of aryl methyl sites for hydroxylation is 1. The SMILES string of the molecule is COc1ccc([C@@H]2C3=C(CC(C)(C)CC3=O)Oc3ncn4nc(-c5cccc(C)c5)nc4c32)cc1. The molecule has 0 N–H and O–H groups in total. The van der Waals surface area contributed by atoms with Crippen LogP contribution in [0.3, 0.4) is 0 Å². The third kappa shape index (κ3) is 3.58. The van der Waals surface area contributed by atoms with Crippen molar-refractivity contribution in [3.63, 3.8) is 0 Å². The number of ketones is 1. The summed E-state index contributed by atoms with van der Waals surface area (Å²) in [7, 11) is 1.64. The maximum atomic E-state index is 13.5. The number of rotatable bonds is 3. The minimum absolute atomic E-state index is 0.100. The number of carbonyl (C=O) groups excluding carboxylic acids is 1. The van der Waals surface area contributed by atoms with E-state index in [1.165, 1.54) is 0 Å². The number of aromatic nitrogens is 4. The molecule has 7 nitrogen and oxygen atoms in total. The van der Waals surface area contributed by atoms with Crippen molar-refractivity contribution in [2.45, 2.75) is 39.5 Å². The molecule has 1 aliphatic heterocycles. The molecule has 0 radical (unpaired) electrons. The van der Waals surface area contributed by atoms with Crippen LogP contribution in [0.1, 0.15) is 49.3 Å². The molecule has 2 aromatic carbocycles. The van der Waals surface area contributed by atoms with Crippen LogP contribution >= 0.6 is 0 Å². The fourth-order valence-corrected chi connectivity index (χ4v) is 5.18. The maximum absolute atomic E-state index is 13.5. The summed E-state index contributed by atoms with van der Waals surface area (Å²) in [6, 6.07) is 15.9. The number of benzene rings is 2. The molecule has 4 aromatic rings. The number of nitrogens with zero attached hydrogens (tertiary/aromatic N) is 4. The van der Waals surface area contributed by atoms with Crippen LogP contribution in [0.25, 0.3) is 17.0 Å². The van der Waals surface area contributed by atoms with Gasteiger partial charge < -0.3 is 9.47 Å². The Kier molecular flexibility index (Phi) is 4.78. The van der Waals surface area contributed by atoms with E-state index in [1.54, 1.807) is 18.0 Å². The highest BCUT2D eigenvalue weighted by atomic mass is 16.5. The molecule has 0 saturated carbocycles. The fourth-order valence-electron chi connectivity index (χ4n) is 5.18. The smallest absolute Gasteiger partial charge is 0.228 e. The second kappa shape index (κ2) is 7.77. The van der Waals surface area contributed by atoms with E-state index in [2.05, 4.69) is 24.9 Å². The number of allylic oxidation sites excluding steroid dienone is 2. The number of ether oxygens (including phenoxy) is 2. The molecule has 6 rings (SSSR count). The van der Waals surface area contributed by atoms with Crippen molar-refractivity contribution in [3.05, 3.63) is 82.9 Å². The van der Waals surface area contributed by atoms with Crippen molar-refractivity contribution in [1.29, 1.82) is 0 Å². The lowest BCUT2D eigenvalue weighted by molar-refractivity contribution is -0.118. The summed E-state index contributed by atoms with van der Waals surface area (Å²) in [6.07, 6.45) is 2.77. The average molecular weight is 467 g/mol. The number of carbonyl (C=O) groups is 1. The third-order valence-electron chi connectivity index (χ3n) is 6.79. The molecule has 0 saturated heterocycles. The van der Waals surface area contributed by atoms with Gasteiger partial charge in [-0.1, -0.05) is 49.7 Å². The van der Waals surface area contributed by atoms with Gasteiger partial charge in [-0.3, -0.25) is 4.79 Å². The lowest BCUT2D eigenvalue weighted by atomic mass is 9.70. The average Bonchev–Trinajstić information content (AvgIpc) is 3.27. The number of Topliss-reactive ketones (excluding diaryl/α,β-unsaturated/α-hetero) is 1. The van der Waals surface area contributed by atoms with E-state index in [1.807, 2.05) is 49.4 Å². The Morgan fingerprint density at radius 1 is 1.11 bits per heavy atom. The number of hydrogen-bond donors (Lipinski definition) is 0.